The minimum Gasteiger partial charge on any atom is -0.493 e. The zero-order valence-electron chi connectivity index (χ0n) is 10.5. The molecule has 17 heavy (non-hydrogen) atoms. The van der Waals surface area contributed by atoms with Crippen molar-refractivity contribution in [3.63, 3.8) is 0 Å². The number of hydrogen-bond acceptors (Lipinski definition) is 4. The first-order valence-electron chi connectivity index (χ1n) is 5.29. The van der Waals surface area contributed by atoms with Crippen LogP contribution in [0.2, 0.25) is 0 Å². The molecule has 0 saturated heterocycles. The van der Waals surface area contributed by atoms with E-state index in [2.05, 4.69) is 15.9 Å². The van der Waals surface area contributed by atoms with E-state index in [1.165, 1.54) is 0 Å². The molecule has 0 fully saturated rings. The van der Waals surface area contributed by atoms with Crippen LogP contribution in [-0.4, -0.2) is 27.9 Å². The second-order valence-corrected chi connectivity index (χ2v) is 4.53. The van der Waals surface area contributed by atoms with Crippen LogP contribution >= 0.6 is 15.9 Å². The fraction of sp³-hybridized carbons (Fsp3) is 0.500. The molecule has 4 nitrogen and oxygen atoms in total. The molecule has 5 heteroatoms. The number of halogens is 1. The van der Waals surface area contributed by atoms with Crippen LogP contribution in [0.3, 0.4) is 0 Å². The lowest BCUT2D eigenvalue weighted by atomic mass is 9.99. The lowest BCUT2D eigenvalue weighted by Crippen LogP contribution is -2.11. The summed E-state index contributed by atoms with van der Waals surface area (Å²) in [6.45, 7) is 2.57. The van der Waals surface area contributed by atoms with Gasteiger partial charge in [0, 0.05) is 10.0 Å². The molecule has 0 aromatic heterocycles. The molecular formula is C12H18BrNO3. The molecule has 2 N–H and O–H groups in total. The van der Waals surface area contributed by atoms with Gasteiger partial charge in [-0.3, -0.25) is 0 Å². The third-order valence-corrected chi connectivity index (χ3v) is 3.32. The summed E-state index contributed by atoms with van der Waals surface area (Å²) in [4.78, 5) is 0. The van der Waals surface area contributed by atoms with Crippen molar-refractivity contribution in [1.29, 1.82) is 0 Å². The van der Waals surface area contributed by atoms with Gasteiger partial charge in [-0.2, -0.15) is 0 Å². The number of ether oxygens (including phenoxy) is 3. The molecule has 0 aliphatic heterocycles. The van der Waals surface area contributed by atoms with E-state index in [-0.39, 0.29) is 5.92 Å². The molecule has 1 aromatic rings. The summed E-state index contributed by atoms with van der Waals surface area (Å²) < 4.78 is 16.9. The van der Waals surface area contributed by atoms with Crippen LogP contribution in [0.4, 0.5) is 0 Å². The second-order valence-electron chi connectivity index (χ2n) is 3.68. The van der Waals surface area contributed by atoms with E-state index in [0.717, 1.165) is 10.0 Å². The molecule has 0 radical (unpaired) electrons. The van der Waals surface area contributed by atoms with E-state index >= 15 is 0 Å². The van der Waals surface area contributed by atoms with Crippen molar-refractivity contribution in [3.05, 3.63) is 16.1 Å². The highest BCUT2D eigenvalue weighted by atomic mass is 79.9. The maximum Gasteiger partial charge on any atom is 0.203 e. The Labute approximate surface area is 110 Å². The summed E-state index contributed by atoms with van der Waals surface area (Å²) in [5.74, 6) is 2.05. The number of hydrogen-bond donors (Lipinski definition) is 1. The number of methoxy groups -OCH3 is 3. The zero-order chi connectivity index (χ0) is 13.0. The molecular weight excluding hydrogens is 286 g/mol. The summed E-state index contributed by atoms with van der Waals surface area (Å²) in [5, 5.41) is 0. The zero-order valence-corrected chi connectivity index (χ0v) is 12.1. The first-order chi connectivity index (χ1) is 8.10. The van der Waals surface area contributed by atoms with Crippen molar-refractivity contribution < 1.29 is 14.2 Å². The van der Waals surface area contributed by atoms with E-state index in [1.807, 2.05) is 13.0 Å². The van der Waals surface area contributed by atoms with Gasteiger partial charge in [-0.25, -0.2) is 0 Å². The number of rotatable bonds is 5. The van der Waals surface area contributed by atoms with Gasteiger partial charge in [0.25, 0.3) is 0 Å². The van der Waals surface area contributed by atoms with Crippen molar-refractivity contribution in [2.75, 3.05) is 27.9 Å². The molecule has 0 aliphatic rings. The van der Waals surface area contributed by atoms with Crippen LogP contribution in [-0.2, 0) is 0 Å². The van der Waals surface area contributed by atoms with Gasteiger partial charge in [-0.15, -0.1) is 0 Å². The lowest BCUT2D eigenvalue weighted by molar-refractivity contribution is 0.320. The quantitative estimate of drug-likeness (QED) is 0.908. The van der Waals surface area contributed by atoms with Gasteiger partial charge in [0.05, 0.1) is 21.3 Å². The van der Waals surface area contributed by atoms with Crippen molar-refractivity contribution in [2.24, 2.45) is 5.73 Å². The van der Waals surface area contributed by atoms with Crippen molar-refractivity contribution >= 4 is 15.9 Å². The first-order valence-corrected chi connectivity index (χ1v) is 6.08. The fourth-order valence-electron chi connectivity index (χ4n) is 1.73. The first kappa shape index (κ1) is 14.1. The summed E-state index contributed by atoms with van der Waals surface area (Å²) >= 11 is 3.51. The predicted octanol–water partition coefficient (Wildman–Crippen LogP) is 2.54. The maximum absolute atomic E-state index is 5.71. The Morgan fingerprint density at radius 1 is 1.18 bits per heavy atom. The SMILES string of the molecule is COc1cc(Br)c(C(C)CN)c(OC)c1OC. The minimum absolute atomic E-state index is 0.166. The van der Waals surface area contributed by atoms with Crippen LogP contribution < -0.4 is 19.9 Å². The third kappa shape index (κ3) is 2.66. The Morgan fingerprint density at radius 2 is 1.76 bits per heavy atom. The van der Waals surface area contributed by atoms with Gasteiger partial charge in [0.2, 0.25) is 5.75 Å². The molecule has 96 valence electrons. The standard InChI is InChI=1S/C12H18BrNO3/c1-7(6-14)10-8(13)5-9(15-2)11(16-3)12(10)17-4/h5,7H,6,14H2,1-4H3. The van der Waals surface area contributed by atoms with Gasteiger partial charge in [-0.1, -0.05) is 22.9 Å². The Morgan fingerprint density at radius 3 is 2.18 bits per heavy atom. The van der Waals surface area contributed by atoms with Crippen molar-refractivity contribution in [3.8, 4) is 17.2 Å². The largest absolute Gasteiger partial charge is 0.493 e. The highest BCUT2D eigenvalue weighted by molar-refractivity contribution is 9.10. The molecule has 1 unspecified atom stereocenters. The van der Waals surface area contributed by atoms with Crippen molar-refractivity contribution in [1.82, 2.24) is 0 Å². The molecule has 0 amide bonds. The van der Waals surface area contributed by atoms with Crippen LogP contribution in [0.15, 0.2) is 10.5 Å². The van der Waals surface area contributed by atoms with Gasteiger partial charge in [-0.05, 0) is 18.5 Å². The topological polar surface area (TPSA) is 53.7 Å². The minimum atomic E-state index is 0.166. The molecule has 1 atom stereocenters. The van der Waals surface area contributed by atoms with Gasteiger partial charge in [0.15, 0.2) is 11.5 Å². The van der Waals surface area contributed by atoms with Gasteiger partial charge < -0.3 is 19.9 Å². The Hall–Kier alpha value is -0.940. The predicted molar refractivity (Wildman–Crippen MR) is 71.3 cm³/mol. The molecule has 1 aromatic carbocycles. The highest BCUT2D eigenvalue weighted by Crippen LogP contribution is 2.46. The van der Waals surface area contributed by atoms with E-state index in [1.54, 1.807) is 21.3 Å². The average Bonchev–Trinajstić information content (AvgIpc) is 2.36. The lowest BCUT2D eigenvalue weighted by Gasteiger charge is -2.20. The third-order valence-electron chi connectivity index (χ3n) is 2.66. The highest BCUT2D eigenvalue weighted by Gasteiger charge is 2.22. The monoisotopic (exact) mass is 303 g/mol. The second kappa shape index (κ2) is 6.12. The molecule has 0 bridgehead atoms. The smallest absolute Gasteiger partial charge is 0.203 e. The van der Waals surface area contributed by atoms with Gasteiger partial charge >= 0.3 is 0 Å². The summed E-state index contributed by atoms with van der Waals surface area (Å²) in [6, 6.07) is 1.86. The summed E-state index contributed by atoms with van der Waals surface area (Å²) in [5.41, 5.74) is 6.70. The van der Waals surface area contributed by atoms with Crippen LogP contribution in [0.1, 0.15) is 18.4 Å². The fourth-order valence-corrected chi connectivity index (χ4v) is 2.50. The Kier molecular flexibility index (Phi) is 5.08. The number of nitrogens with two attached hydrogens (primary N) is 1. The molecule has 1 rings (SSSR count). The van der Waals surface area contributed by atoms with Crippen LogP contribution in [0.5, 0.6) is 17.2 Å². The van der Waals surface area contributed by atoms with Crippen molar-refractivity contribution in [2.45, 2.75) is 12.8 Å². The van der Waals surface area contributed by atoms with E-state index in [4.69, 9.17) is 19.9 Å². The Balaban J connectivity index is 3.48. The normalized spacial score (nSPS) is 12.1. The molecule has 0 saturated carbocycles. The number of benzene rings is 1. The maximum atomic E-state index is 5.71. The summed E-state index contributed by atoms with van der Waals surface area (Å²) in [7, 11) is 4.79. The summed E-state index contributed by atoms with van der Waals surface area (Å²) in [6.07, 6.45) is 0. The van der Waals surface area contributed by atoms with Gasteiger partial charge in [0.1, 0.15) is 0 Å². The van der Waals surface area contributed by atoms with E-state index in [0.29, 0.717) is 23.8 Å². The Bertz CT molecular complexity index is 396. The molecule has 0 heterocycles. The van der Waals surface area contributed by atoms with E-state index < -0.39 is 0 Å². The van der Waals surface area contributed by atoms with E-state index in [9.17, 15) is 0 Å². The van der Waals surface area contributed by atoms with Crippen LogP contribution in [0, 0.1) is 0 Å². The van der Waals surface area contributed by atoms with Crippen LogP contribution in [0.25, 0.3) is 0 Å². The molecule has 0 aliphatic carbocycles. The average molecular weight is 304 g/mol. The molecule has 0 spiro atoms.